The van der Waals surface area contributed by atoms with Gasteiger partial charge in [-0.15, -0.1) is 0 Å². The van der Waals surface area contributed by atoms with E-state index in [0.29, 0.717) is 44.2 Å². The minimum atomic E-state index is -1.02. The Hall–Kier alpha value is -2.80. The first-order valence-corrected chi connectivity index (χ1v) is 11.6. The van der Waals surface area contributed by atoms with E-state index in [0.717, 1.165) is 11.1 Å². The predicted molar refractivity (Wildman–Crippen MR) is 134 cm³/mol. The molecule has 0 aliphatic carbocycles. The Morgan fingerprint density at radius 3 is 2.29 bits per heavy atom. The molecule has 0 radical (unpaired) electrons. The third-order valence-electron chi connectivity index (χ3n) is 5.77. The molecule has 1 atom stereocenters. The number of nitrogens with zero attached hydrogens (tertiary/aromatic N) is 2. The number of carbonyl (C=O) groups is 2. The van der Waals surface area contributed by atoms with Crippen molar-refractivity contribution in [3.05, 3.63) is 69.2 Å². The largest absolute Gasteiger partial charge is 0.471 e. The Balaban J connectivity index is 1.98. The van der Waals surface area contributed by atoms with Crippen LogP contribution in [0.4, 0.5) is 0 Å². The lowest BCUT2D eigenvalue weighted by Gasteiger charge is -2.40. The summed E-state index contributed by atoms with van der Waals surface area (Å²) in [6.45, 7) is 3.80. The topological polar surface area (TPSA) is 85.5 Å². The summed E-state index contributed by atoms with van der Waals surface area (Å²) in [5.41, 5.74) is 8.14. The van der Waals surface area contributed by atoms with Gasteiger partial charge in [0.15, 0.2) is 0 Å². The minimum Gasteiger partial charge on any atom is -0.471 e. The van der Waals surface area contributed by atoms with E-state index in [9.17, 15) is 9.59 Å². The molecule has 0 bridgehead atoms. The molecule has 176 valence electrons. The average Bonchev–Trinajstić information content (AvgIpc) is 2.77. The molecule has 0 spiro atoms. The van der Waals surface area contributed by atoms with Gasteiger partial charge in [0, 0.05) is 40.2 Å². The number of halogens is 3. The highest BCUT2D eigenvalue weighted by Crippen LogP contribution is 2.46. The highest BCUT2D eigenvalue weighted by atomic mass is 35.5. The summed E-state index contributed by atoms with van der Waals surface area (Å²) < 4.78 is 6.22. The number of rotatable bonds is 3. The third kappa shape index (κ3) is 4.71. The van der Waals surface area contributed by atoms with E-state index in [1.54, 1.807) is 37.4 Å². The number of nitrogens with two attached hydrogens (primary N) is 1. The van der Waals surface area contributed by atoms with Crippen molar-refractivity contribution in [2.45, 2.75) is 31.9 Å². The van der Waals surface area contributed by atoms with Crippen molar-refractivity contribution < 1.29 is 14.3 Å². The fourth-order valence-corrected chi connectivity index (χ4v) is 4.73. The maximum absolute atomic E-state index is 12.5. The highest BCUT2D eigenvalue weighted by Gasteiger charge is 2.40. The predicted octanol–water partition coefficient (Wildman–Crippen LogP) is 5.92. The number of aromatic nitrogens is 1. The van der Waals surface area contributed by atoms with Crippen LogP contribution in [0.15, 0.2) is 48.5 Å². The van der Waals surface area contributed by atoms with Gasteiger partial charge in [-0.1, -0.05) is 46.9 Å². The lowest BCUT2D eigenvalue weighted by Crippen LogP contribution is -2.45. The van der Waals surface area contributed by atoms with E-state index in [2.05, 4.69) is 0 Å². The van der Waals surface area contributed by atoms with Crippen LogP contribution in [-0.4, -0.2) is 34.3 Å². The molecule has 9 heteroatoms. The van der Waals surface area contributed by atoms with Crippen LogP contribution < -0.4 is 10.5 Å². The molecular weight excluding hydrogens is 497 g/mol. The smallest absolute Gasteiger partial charge is 0.311 e. The molecule has 3 aromatic rings. The van der Waals surface area contributed by atoms with Crippen molar-refractivity contribution in [2.75, 3.05) is 7.05 Å². The molecule has 34 heavy (non-hydrogen) atoms. The van der Waals surface area contributed by atoms with E-state index in [-0.39, 0.29) is 0 Å². The van der Waals surface area contributed by atoms with Crippen molar-refractivity contribution in [2.24, 2.45) is 5.73 Å². The third-order valence-corrected chi connectivity index (χ3v) is 6.57. The van der Waals surface area contributed by atoms with Crippen molar-refractivity contribution in [3.8, 4) is 28.3 Å². The summed E-state index contributed by atoms with van der Waals surface area (Å²) in [6.07, 6.45) is 0.443. The van der Waals surface area contributed by atoms with Gasteiger partial charge in [0.2, 0.25) is 5.88 Å². The summed E-state index contributed by atoms with van der Waals surface area (Å²) in [5.74, 6) is -1.46. The number of likely N-dealkylation sites (N-methyl/N-ethyl adjacent to an activating group) is 1. The molecule has 4 rings (SSSR count). The van der Waals surface area contributed by atoms with Gasteiger partial charge < -0.3 is 15.4 Å². The van der Waals surface area contributed by atoms with E-state index in [4.69, 9.17) is 50.3 Å². The fourth-order valence-electron chi connectivity index (χ4n) is 4.11. The zero-order valence-corrected chi connectivity index (χ0v) is 21.0. The second kappa shape index (κ2) is 9.10. The molecular formula is C25H22Cl3N3O3. The SMILES string of the molecule is CN(C(=O)C(N)=O)C1CC(C)(C)Oc2nc(-c3ccc(Cl)cc3Cl)c(-c3ccc(Cl)cc3)cc21. The minimum absolute atomic E-state index is 0.351. The number of carbonyl (C=O) groups excluding carboxylic acids is 2. The average molecular weight is 519 g/mol. The molecule has 1 aliphatic heterocycles. The van der Waals surface area contributed by atoms with Gasteiger partial charge in [-0.05, 0) is 55.8 Å². The van der Waals surface area contributed by atoms with Gasteiger partial charge in [0.25, 0.3) is 0 Å². The van der Waals surface area contributed by atoms with Crippen molar-refractivity contribution in [3.63, 3.8) is 0 Å². The molecule has 2 heterocycles. The van der Waals surface area contributed by atoms with Gasteiger partial charge in [-0.2, -0.15) is 0 Å². The van der Waals surface area contributed by atoms with Crippen LogP contribution in [-0.2, 0) is 9.59 Å². The number of hydrogen-bond acceptors (Lipinski definition) is 4. The van der Waals surface area contributed by atoms with Gasteiger partial charge in [-0.25, -0.2) is 4.98 Å². The Labute approximate surface area is 212 Å². The summed E-state index contributed by atoms with van der Waals surface area (Å²) in [4.78, 5) is 30.3. The van der Waals surface area contributed by atoms with Crippen molar-refractivity contribution >= 4 is 46.6 Å². The molecule has 1 unspecified atom stereocenters. The van der Waals surface area contributed by atoms with Crippen LogP contribution in [0.5, 0.6) is 5.88 Å². The van der Waals surface area contributed by atoms with Gasteiger partial charge in [-0.3, -0.25) is 9.59 Å². The molecule has 2 N–H and O–H groups in total. The maximum atomic E-state index is 12.5. The van der Waals surface area contributed by atoms with Crippen LogP contribution in [0.3, 0.4) is 0 Å². The fraction of sp³-hybridized carbons (Fsp3) is 0.240. The zero-order valence-electron chi connectivity index (χ0n) is 18.7. The lowest BCUT2D eigenvalue weighted by atomic mass is 9.87. The summed E-state index contributed by atoms with van der Waals surface area (Å²) >= 11 is 18.8. The first kappa shape index (κ1) is 24.3. The molecule has 0 fully saturated rings. The monoisotopic (exact) mass is 517 g/mol. The van der Waals surface area contributed by atoms with Crippen LogP contribution >= 0.6 is 34.8 Å². The van der Waals surface area contributed by atoms with Gasteiger partial charge in [0.1, 0.15) is 5.60 Å². The van der Waals surface area contributed by atoms with E-state index < -0.39 is 23.5 Å². The van der Waals surface area contributed by atoms with Crippen LogP contribution in [0, 0.1) is 0 Å². The van der Waals surface area contributed by atoms with Gasteiger partial charge >= 0.3 is 11.8 Å². The molecule has 0 saturated carbocycles. The van der Waals surface area contributed by atoms with Crippen LogP contribution in [0.2, 0.25) is 15.1 Å². The van der Waals surface area contributed by atoms with E-state index in [1.807, 2.05) is 32.0 Å². The number of benzene rings is 2. The first-order chi connectivity index (χ1) is 16.0. The van der Waals surface area contributed by atoms with Crippen LogP contribution in [0.25, 0.3) is 22.4 Å². The normalized spacial score (nSPS) is 16.4. The molecule has 1 aromatic heterocycles. The van der Waals surface area contributed by atoms with Crippen LogP contribution in [0.1, 0.15) is 31.9 Å². The molecule has 0 saturated heterocycles. The van der Waals surface area contributed by atoms with E-state index in [1.165, 1.54) is 4.90 Å². The van der Waals surface area contributed by atoms with E-state index >= 15 is 0 Å². The molecule has 1 aliphatic rings. The highest BCUT2D eigenvalue weighted by molar-refractivity contribution is 6.36. The Kier molecular flexibility index (Phi) is 6.51. The second-order valence-corrected chi connectivity index (χ2v) is 10.1. The Morgan fingerprint density at radius 2 is 1.68 bits per heavy atom. The number of primary amides is 1. The van der Waals surface area contributed by atoms with Gasteiger partial charge in [0.05, 0.1) is 16.8 Å². The number of hydrogen-bond donors (Lipinski definition) is 1. The van der Waals surface area contributed by atoms with Crippen molar-refractivity contribution in [1.29, 1.82) is 0 Å². The number of ether oxygens (including phenoxy) is 1. The Morgan fingerprint density at radius 1 is 1.03 bits per heavy atom. The standard InChI is InChI=1S/C25H22Cl3N3O3/c1-25(2)12-20(31(3)24(33)22(29)32)18-11-17(13-4-6-14(26)7-5-13)21(30-23(18)34-25)16-9-8-15(27)10-19(16)28/h4-11,20H,12H2,1-3H3,(H2,29,32). The summed E-state index contributed by atoms with van der Waals surface area (Å²) in [7, 11) is 1.55. The number of pyridine rings is 1. The number of amides is 2. The summed E-state index contributed by atoms with van der Waals surface area (Å²) in [5, 5.41) is 1.53. The second-order valence-electron chi connectivity index (χ2n) is 8.77. The zero-order chi connectivity index (χ0) is 24.8. The maximum Gasteiger partial charge on any atom is 0.311 e. The lowest BCUT2D eigenvalue weighted by molar-refractivity contribution is -0.145. The summed E-state index contributed by atoms with van der Waals surface area (Å²) in [6, 6.07) is 13.9. The molecule has 6 nitrogen and oxygen atoms in total. The first-order valence-electron chi connectivity index (χ1n) is 10.5. The molecule has 2 aromatic carbocycles. The van der Waals surface area contributed by atoms with Crippen molar-refractivity contribution in [1.82, 2.24) is 9.88 Å². The quantitative estimate of drug-likeness (QED) is 0.436. The number of fused-ring (bicyclic) bond motifs is 1. The molecule has 2 amide bonds. The Bertz CT molecular complexity index is 1290.